The standard InChI is InChI=1S/C11H10N2O2/c14-11(15)9-2-4-10(5-3-9)13-7-1-6-12-8-13/h1-7H,8H2,(H,14,15). The topological polar surface area (TPSA) is 52.9 Å². The van der Waals surface area contributed by atoms with Crippen LogP contribution in [0.5, 0.6) is 0 Å². The Morgan fingerprint density at radius 1 is 1.33 bits per heavy atom. The maximum Gasteiger partial charge on any atom is 0.335 e. The van der Waals surface area contributed by atoms with Crippen molar-refractivity contribution in [1.82, 2.24) is 0 Å². The molecule has 4 nitrogen and oxygen atoms in total. The number of carboxylic acid groups (broad SMARTS) is 1. The van der Waals surface area contributed by atoms with Crippen molar-refractivity contribution in [3.63, 3.8) is 0 Å². The normalized spacial score (nSPS) is 14.3. The quantitative estimate of drug-likeness (QED) is 0.794. The summed E-state index contributed by atoms with van der Waals surface area (Å²) >= 11 is 0. The molecule has 1 aromatic carbocycles. The Labute approximate surface area is 87.2 Å². The van der Waals surface area contributed by atoms with Gasteiger partial charge in [-0.2, -0.15) is 0 Å². The van der Waals surface area contributed by atoms with E-state index in [1.165, 1.54) is 0 Å². The summed E-state index contributed by atoms with van der Waals surface area (Å²) in [6.45, 7) is 0.572. The number of benzene rings is 1. The fourth-order valence-corrected chi connectivity index (χ4v) is 1.35. The molecule has 0 radical (unpaired) electrons. The minimum absolute atomic E-state index is 0.295. The van der Waals surface area contributed by atoms with Crippen molar-refractivity contribution >= 4 is 17.9 Å². The third kappa shape index (κ3) is 2.04. The SMILES string of the molecule is O=C(O)c1ccc(N2C=CC=NC2)cc1. The van der Waals surface area contributed by atoms with E-state index in [1.807, 2.05) is 17.2 Å². The van der Waals surface area contributed by atoms with Gasteiger partial charge in [0, 0.05) is 18.1 Å². The van der Waals surface area contributed by atoms with Gasteiger partial charge >= 0.3 is 5.97 Å². The highest BCUT2D eigenvalue weighted by atomic mass is 16.4. The van der Waals surface area contributed by atoms with E-state index in [0.29, 0.717) is 12.2 Å². The molecule has 1 aliphatic heterocycles. The molecule has 0 saturated carbocycles. The van der Waals surface area contributed by atoms with Crippen LogP contribution >= 0.6 is 0 Å². The van der Waals surface area contributed by atoms with Crippen LogP contribution in [0.25, 0.3) is 0 Å². The van der Waals surface area contributed by atoms with Gasteiger partial charge in [-0.05, 0) is 30.3 Å². The summed E-state index contributed by atoms with van der Waals surface area (Å²) in [7, 11) is 0. The molecule has 1 N–H and O–H groups in total. The number of aromatic carboxylic acids is 1. The molecule has 0 saturated heterocycles. The maximum atomic E-state index is 10.6. The highest BCUT2D eigenvalue weighted by Gasteiger charge is 2.06. The minimum atomic E-state index is -0.909. The van der Waals surface area contributed by atoms with Crippen LogP contribution in [0.3, 0.4) is 0 Å². The van der Waals surface area contributed by atoms with E-state index in [-0.39, 0.29) is 0 Å². The zero-order valence-corrected chi connectivity index (χ0v) is 8.00. The number of carbonyl (C=O) groups is 1. The Morgan fingerprint density at radius 3 is 2.60 bits per heavy atom. The van der Waals surface area contributed by atoms with Crippen LogP contribution in [0.15, 0.2) is 41.5 Å². The van der Waals surface area contributed by atoms with Crippen LogP contribution in [0, 0.1) is 0 Å². The molecule has 2 rings (SSSR count). The van der Waals surface area contributed by atoms with Crippen molar-refractivity contribution in [2.24, 2.45) is 4.99 Å². The summed E-state index contributed by atoms with van der Waals surface area (Å²) in [6.07, 6.45) is 5.49. The Morgan fingerprint density at radius 2 is 2.07 bits per heavy atom. The van der Waals surface area contributed by atoms with Gasteiger partial charge in [0.1, 0.15) is 6.67 Å². The van der Waals surface area contributed by atoms with Crippen LogP contribution < -0.4 is 4.90 Å². The number of allylic oxidation sites excluding steroid dienone is 1. The van der Waals surface area contributed by atoms with Gasteiger partial charge in [0.2, 0.25) is 0 Å². The Hall–Kier alpha value is -2.10. The molecule has 15 heavy (non-hydrogen) atoms. The summed E-state index contributed by atoms with van der Waals surface area (Å²) in [4.78, 5) is 16.7. The van der Waals surface area contributed by atoms with Crippen LogP contribution in [0.2, 0.25) is 0 Å². The third-order valence-electron chi connectivity index (χ3n) is 2.14. The number of carboxylic acids is 1. The molecule has 0 amide bonds. The Bertz CT molecular complexity index is 421. The second-order valence-electron chi connectivity index (χ2n) is 3.14. The molecule has 1 heterocycles. The van der Waals surface area contributed by atoms with Gasteiger partial charge in [0.05, 0.1) is 5.56 Å². The lowest BCUT2D eigenvalue weighted by atomic mass is 10.2. The molecule has 0 spiro atoms. The Balaban J connectivity index is 2.20. The summed E-state index contributed by atoms with van der Waals surface area (Å²) in [5.74, 6) is -0.909. The molecule has 1 aromatic rings. The first kappa shape index (κ1) is 9.45. The highest BCUT2D eigenvalue weighted by Crippen LogP contribution is 2.16. The summed E-state index contributed by atoms with van der Waals surface area (Å²) in [5.41, 5.74) is 1.23. The molecular formula is C11H10N2O2. The monoisotopic (exact) mass is 202 g/mol. The number of hydrogen-bond donors (Lipinski definition) is 1. The summed E-state index contributed by atoms with van der Waals surface area (Å²) in [6, 6.07) is 6.72. The van der Waals surface area contributed by atoms with Gasteiger partial charge in [-0.15, -0.1) is 0 Å². The molecule has 4 heteroatoms. The van der Waals surface area contributed by atoms with Gasteiger partial charge in [0.15, 0.2) is 0 Å². The maximum absolute atomic E-state index is 10.6. The smallest absolute Gasteiger partial charge is 0.335 e. The molecular weight excluding hydrogens is 192 g/mol. The van der Waals surface area contributed by atoms with Gasteiger partial charge < -0.3 is 10.0 Å². The lowest BCUT2D eigenvalue weighted by Crippen LogP contribution is -2.18. The minimum Gasteiger partial charge on any atom is -0.478 e. The van der Waals surface area contributed by atoms with E-state index >= 15 is 0 Å². The second kappa shape index (κ2) is 3.96. The molecule has 0 fully saturated rings. The van der Waals surface area contributed by atoms with Crippen molar-refractivity contribution in [1.29, 1.82) is 0 Å². The fraction of sp³-hybridized carbons (Fsp3) is 0.0909. The molecule has 1 aliphatic rings. The van der Waals surface area contributed by atoms with E-state index < -0.39 is 5.97 Å². The van der Waals surface area contributed by atoms with Crippen LogP contribution in [0.4, 0.5) is 5.69 Å². The summed E-state index contributed by atoms with van der Waals surface area (Å²) < 4.78 is 0. The molecule has 76 valence electrons. The first-order valence-electron chi connectivity index (χ1n) is 4.54. The molecule has 0 unspecified atom stereocenters. The zero-order valence-electron chi connectivity index (χ0n) is 8.00. The Kier molecular flexibility index (Phi) is 2.49. The molecule has 0 bridgehead atoms. The van der Waals surface area contributed by atoms with Crippen molar-refractivity contribution in [3.8, 4) is 0 Å². The third-order valence-corrected chi connectivity index (χ3v) is 2.14. The fourth-order valence-electron chi connectivity index (χ4n) is 1.35. The predicted octanol–water partition coefficient (Wildman–Crippen LogP) is 1.75. The van der Waals surface area contributed by atoms with E-state index in [0.717, 1.165) is 5.69 Å². The van der Waals surface area contributed by atoms with E-state index in [9.17, 15) is 4.79 Å². The number of rotatable bonds is 2. The highest BCUT2D eigenvalue weighted by molar-refractivity contribution is 5.88. The largest absolute Gasteiger partial charge is 0.478 e. The van der Waals surface area contributed by atoms with Crippen molar-refractivity contribution < 1.29 is 9.90 Å². The van der Waals surface area contributed by atoms with Crippen LogP contribution in [-0.4, -0.2) is 24.0 Å². The van der Waals surface area contributed by atoms with Crippen LogP contribution in [-0.2, 0) is 0 Å². The first-order valence-corrected chi connectivity index (χ1v) is 4.54. The average molecular weight is 202 g/mol. The number of hydrogen-bond acceptors (Lipinski definition) is 3. The second-order valence-corrected chi connectivity index (χ2v) is 3.14. The molecule has 0 atom stereocenters. The van der Waals surface area contributed by atoms with Crippen molar-refractivity contribution in [2.75, 3.05) is 11.6 Å². The first-order chi connectivity index (χ1) is 7.27. The summed E-state index contributed by atoms with van der Waals surface area (Å²) in [5, 5.41) is 8.73. The van der Waals surface area contributed by atoms with E-state index in [2.05, 4.69) is 4.99 Å². The van der Waals surface area contributed by atoms with Crippen molar-refractivity contribution in [3.05, 3.63) is 42.1 Å². The zero-order chi connectivity index (χ0) is 10.7. The van der Waals surface area contributed by atoms with Gasteiger partial charge in [0.25, 0.3) is 0 Å². The average Bonchev–Trinajstić information content (AvgIpc) is 2.30. The van der Waals surface area contributed by atoms with Gasteiger partial charge in [-0.25, -0.2) is 4.79 Å². The predicted molar refractivity (Wildman–Crippen MR) is 58.4 cm³/mol. The number of nitrogens with zero attached hydrogens (tertiary/aromatic N) is 2. The van der Waals surface area contributed by atoms with Crippen molar-refractivity contribution in [2.45, 2.75) is 0 Å². The van der Waals surface area contributed by atoms with E-state index in [4.69, 9.17) is 5.11 Å². The van der Waals surface area contributed by atoms with Crippen LogP contribution in [0.1, 0.15) is 10.4 Å². The number of anilines is 1. The van der Waals surface area contributed by atoms with Gasteiger partial charge in [-0.1, -0.05) is 0 Å². The lowest BCUT2D eigenvalue weighted by Gasteiger charge is -2.19. The number of aliphatic imine (C=N–C) groups is 1. The van der Waals surface area contributed by atoms with Gasteiger partial charge in [-0.3, -0.25) is 4.99 Å². The lowest BCUT2D eigenvalue weighted by molar-refractivity contribution is 0.0697. The van der Waals surface area contributed by atoms with E-state index in [1.54, 1.807) is 30.5 Å². The molecule has 0 aromatic heterocycles. The molecule has 0 aliphatic carbocycles.